The predicted molar refractivity (Wildman–Crippen MR) is 60.5 cm³/mol. The number of amides is 1. The van der Waals surface area contributed by atoms with E-state index in [9.17, 15) is 4.79 Å². The Bertz CT molecular complexity index is 380. The van der Waals surface area contributed by atoms with Crippen LogP contribution in [0.5, 0.6) is 0 Å². The van der Waals surface area contributed by atoms with Gasteiger partial charge >= 0.3 is 0 Å². The van der Waals surface area contributed by atoms with E-state index in [1.54, 1.807) is 11.4 Å². The molecule has 0 bridgehead atoms. The molecule has 15 heavy (non-hydrogen) atoms. The Kier molecular flexibility index (Phi) is 4.28. The summed E-state index contributed by atoms with van der Waals surface area (Å²) in [6, 6.07) is 3.71. The summed E-state index contributed by atoms with van der Waals surface area (Å²) in [5.41, 5.74) is 5.87. The Labute approximate surface area is 92.7 Å². The Hall–Kier alpha value is -1.38. The van der Waals surface area contributed by atoms with E-state index in [1.807, 2.05) is 13.0 Å². The SMILES string of the molecule is CC(CCN)C(=O)Nc1sccc1C#N. The maximum atomic E-state index is 11.6. The lowest BCUT2D eigenvalue weighted by Gasteiger charge is -2.09. The van der Waals surface area contributed by atoms with E-state index < -0.39 is 0 Å². The van der Waals surface area contributed by atoms with Crippen LogP contribution in [-0.2, 0) is 4.79 Å². The van der Waals surface area contributed by atoms with Gasteiger partial charge in [-0.15, -0.1) is 11.3 Å². The van der Waals surface area contributed by atoms with Crippen LogP contribution in [0.1, 0.15) is 18.9 Å². The zero-order valence-corrected chi connectivity index (χ0v) is 9.30. The fourth-order valence-electron chi connectivity index (χ4n) is 1.11. The number of hydrogen-bond acceptors (Lipinski definition) is 4. The summed E-state index contributed by atoms with van der Waals surface area (Å²) in [4.78, 5) is 11.6. The van der Waals surface area contributed by atoms with Crippen molar-refractivity contribution in [1.29, 1.82) is 5.26 Å². The van der Waals surface area contributed by atoms with Crippen molar-refractivity contribution in [2.45, 2.75) is 13.3 Å². The molecule has 1 amide bonds. The van der Waals surface area contributed by atoms with E-state index in [1.165, 1.54) is 11.3 Å². The minimum Gasteiger partial charge on any atom is -0.330 e. The molecule has 3 N–H and O–H groups in total. The summed E-state index contributed by atoms with van der Waals surface area (Å²) in [7, 11) is 0. The quantitative estimate of drug-likeness (QED) is 0.812. The first-order valence-electron chi connectivity index (χ1n) is 4.67. The molecule has 0 fully saturated rings. The minimum absolute atomic E-state index is 0.0839. The van der Waals surface area contributed by atoms with Gasteiger partial charge in [0.2, 0.25) is 5.91 Å². The summed E-state index contributed by atoms with van der Waals surface area (Å²) in [6.07, 6.45) is 0.652. The number of thiophene rings is 1. The van der Waals surface area contributed by atoms with Crippen molar-refractivity contribution >= 4 is 22.2 Å². The Morgan fingerprint density at radius 3 is 3.13 bits per heavy atom. The molecule has 1 rings (SSSR count). The summed E-state index contributed by atoms with van der Waals surface area (Å²) in [6.45, 7) is 2.31. The highest BCUT2D eigenvalue weighted by atomic mass is 32.1. The lowest BCUT2D eigenvalue weighted by Crippen LogP contribution is -2.22. The smallest absolute Gasteiger partial charge is 0.227 e. The Balaban J connectivity index is 2.63. The largest absolute Gasteiger partial charge is 0.330 e. The Morgan fingerprint density at radius 2 is 2.53 bits per heavy atom. The van der Waals surface area contributed by atoms with Gasteiger partial charge in [-0.3, -0.25) is 4.79 Å². The monoisotopic (exact) mass is 223 g/mol. The summed E-state index contributed by atoms with van der Waals surface area (Å²) in [5.74, 6) is -0.206. The number of nitriles is 1. The highest BCUT2D eigenvalue weighted by Gasteiger charge is 2.14. The summed E-state index contributed by atoms with van der Waals surface area (Å²) >= 11 is 1.35. The number of carbonyl (C=O) groups excluding carboxylic acids is 1. The summed E-state index contributed by atoms with van der Waals surface area (Å²) < 4.78 is 0. The first-order chi connectivity index (χ1) is 7.19. The van der Waals surface area contributed by atoms with Crippen LogP contribution in [0.2, 0.25) is 0 Å². The van der Waals surface area contributed by atoms with Crippen LogP contribution >= 0.6 is 11.3 Å². The summed E-state index contributed by atoms with van der Waals surface area (Å²) in [5, 5.41) is 13.9. The van der Waals surface area contributed by atoms with Crippen molar-refractivity contribution < 1.29 is 4.79 Å². The molecule has 0 saturated carbocycles. The second kappa shape index (κ2) is 5.49. The number of nitrogens with two attached hydrogens (primary N) is 1. The first kappa shape index (κ1) is 11.7. The van der Waals surface area contributed by atoms with E-state index in [-0.39, 0.29) is 11.8 Å². The van der Waals surface area contributed by atoms with Crippen molar-refractivity contribution in [2.75, 3.05) is 11.9 Å². The van der Waals surface area contributed by atoms with Crippen molar-refractivity contribution in [2.24, 2.45) is 11.7 Å². The number of carbonyl (C=O) groups is 1. The zero-order chi connectivity index (χ0) is 11.3. The maximum Gasteiger partial charge on any atom is 0.227 e. The van der Waals surface area contributed by atoms with Gasteiger partial charge in [0.05, 0.1) is 5.56 Å². The number of anilines is 1. The lowest BCUT2D eigenvalue weighted by molar-refractivity contribution is -0.119. The molecule has 1 aromatic heterocycles. The molecular weight excluding hydrogens is 210 g/mol. The van der Waals surface area contributed by atoms with E-state index in [2.05, 4.69) is 5.32 Å². The van der Waals surface area contributed by atoms with E-state index in [4.69, 9.17) is 11.0 Å². The molecule has 1 aromatic rings. The molecule has 1 atom stereocenters. The van der Waals surface area contributed by atoms with Crippen LogP contribution in [0.3, 0.4) is 0 Å². The van der Waals surface area contributed by atoms with E-state index in [0.717, 1.165) is 0 Å². The molecule has 0 saturated heterocycles. The highest BCUT2D eigenvalue weighted by Crippen LogP contribution is 2.22. The van der Waals surface area contributed by atoms with Gasteiger partial charge < -0.3 is 11.1 Å². The predicted octanol–water partition coefficient (Wildman–Crippen LogP) is 1.54. The fourth-order valence-corrected chi connectivity index (χ4v) is 1.85. The zero-order valence-electron chi connectivity index (χ0n) is 8.49. The minimum atomic E-state index is -0.122. The van der Waals surface area contributed by atoms with Gasteiger partial charge in [0, 0.05) is 5.92 Å². The molecule has 0 spiro atoms. The van der Waals surface area contributed by atoms with Gasteiger partial charge in [-0.05, 0) is 24.4 Å². The van der Waals surface area contributed by atoms with Crippen LogP contribution in [0, 0.1) is 17.2 Å². The van der Waals surface area contributed by atoms with Gasteiger partial charge in [0.1, 0.15) is 11.1 Å². The van der Waals surface area contributed by atoms with Gasteiger partial charge in [-0.1, -0.05) is 6.92 Å². The van der Waals surface area contributed by atoms with Crippen molar-refractivity contribution in [3.8, 4) is 6.07 Å². The number of nitrogens with zero attached hydrogens (tertiary/aromatic N) is 1. The molecule has 4 nitrogen and oxygen atoms in total. The number of nitrogens with one attached hydrogen (secondary N) is 1. The average Bonchev–Trinajstić information content (AvgIpc) is 2.65. The topological polar surface area (TPSA) is 78.9 Å². The molecule has 0 aromatic carbocycles. The molecule has 1 unspecified atom stereocenters. The second-order valence-electron chi connectivity index (χ2n) is 3.24. The Morgan fingerprint density at radius 1 is 1.80 bits per heavy atom. The van der Waals surface area contributed by atoms with Crippen LogP contribution in [0.4, 0.5) is 5.00 Å². The standard InChI is InChI=1S/C10H13N3OS/c1-7(2-4-11)9(14)13-10-8(6-12)3-5-15-10/h3,5,7H,2,4,11H2,1H3,(H,13,14). The molecule has 0 radical (unpaired) electrons. The molecule has 80 valence electrons. The molecule has 5 heteroatoms. The van der Waals surface area contributed by atoms with Crippen LogP contribution in [0.25, 0.3) is 0 Å². The number of rotatable bonds is 4. The molecule has 1 heterocycles. The van der Waals surface area contributed by atoms with Crippen LogP contribution in [-0.4, -0.2) is 12.5 Å². The van der Waals surface area contributed by atoms with Crippen molar-refractivity contribution in [1.82, 2.24) is 0 Å². The average molecular weight is 223 g/mol. The third kappa shape index (κ3) is 3.05. The lowest BCUT2D eigenvalue weighted by atomic mass is 10.1. The van der Waals surface area contributed by atoms with Crippen LogP contribution in [0.15, 0.2) is 11.4 Å². The third-order valence-electron chi connectivity index (χ3n) is 2.07. The maximum absolute atomic E-state index is 11.6. The van der Waals surface area contributed by atoms with Gasteiger partial charge in [0.15, 0.2) is 0 Å². The van der Waals surface area contributed by atoms with Gasteiger partial charge in [-0.25, -0.2) is 0 Å². The first-order valence-corrected chi connectivity index (χ1v) is 5.55. The van der Waals surface area contributed by atoms with Crippen LogP contribution < -0.4 is 11.1 Å². The van der Waals surface area contributed by atoms with E-state index in [0.29, 0.717) is 23.5 Å². The van der Waals surface area contributed by atoms with Gasteiger partial charge in [-0.2, -0.15) is 5.26 Å². The third-order valence-corrected chi connectivity index (χ3v) is 2.90. The van der Waals surface area contributed by atoms with E-state index >= 15 is 0 Å². The fraction of sp³-hybridized carbons (Fsp3) is 0.400. The second-order valence-corrected chi connectivity index (χ2v) is 4.16. The van der Waals surface area contributed by atoms with Gasteiger partial charge in [0.25, 0.3) is 0 Å². The molecule has 0 aliphatic rings. The van der Waals surface area contributed by atoms with Crippen molar-refractivity contribution in [3.05, 3.63) is 17.0 Å². The molecule has 0 aliphatic heterocycles. The molecular formula is C10H13N3OS. The molecule has 0 aliphatic carbocycles. The number of hydrogen-bond donors (Lipinski definition) is 2. The highest BCUT2D eigenvalue weighted by molar-refractivity contribution is 7.14. The normalized spacial score (nSPS) is 11.8. The van der Waals surface area contributed by atoms with Crippen molar-refractivity contribution in [3.63, 3.8) is 0 Å².